The van der Waals surface area contributed by atoms with Gasteiger partial charge >= 0.3 is 0 Å². The Kier molecular flexibility index (Phi) is 3.21. The summed E-state index contributed by atoms with van der Waals surface area (Å²) in [6.07, 6.45) is 2.36. The van der Waals surface area contributed by atoms with Gasteiger partial charge < -0.3 is 10.2 Å². The number of rotatable bonds is 1. The number of fused-ring (bicyclic) bond motifs is 2. The summed E-state index contributed by atoms with van der Waals surface area (Å²) in [5, 5.41) is 3.44. The third kappa shape index (κ3) is 2.22. The molecular formula is C16H22N2O. The van der Waals surface area contributed by atoms with Crippen LogP contribution in [0.15, 0.2) is 24.3 Å². The van der Waals surface area contributed by atoms with E-state index in [4.69, 9.17) is 0 Å². The first-order valence-electron chi connectivity index (χ1n) is 7.30. The van der Waals surface area contributed by atoms with Gasteiger partial charge in [0.05, 0.1) is 5.56 Å². The Bertz CT molecular complexity index is 483. The second-order valence-corrected chi connectivity index (χ2v) is 6.12. The van der Waals surface area contributed by atoms with Crippen molar-refractivity contribution in [2.45, 2.75) is 32.7 Å². The predicted octanol–water partition coefficient (Wildman–Crippen LogP) is 2.99. The van der Waals surface area contributed by atoms with Gasteiger partial charge in [0.15, 0.2) is 0 Å². The number of carbonyl (C=O) groups excluding carboxylic acids is 1. The monoisotopic (exact) mass is 258 g/mol. The maximum atomic E-state index is 12.7. The van der Waals surface area contributed by atoms with E-state index in [-0.39, 0.29) is 5.91 Å². The Morgan fingerprint density at radius 3 is 2.84 bits per heavy atom. The van der Waals surface area contributed by atoms with Crippen molar-refractivity contribution in [1.29, 1.82) is 0 Å². The molecule has 0 aromatic heterocycles. The number of anilines is 1. The highest BCUT2D eigenvalue weighted by atomic mass is 16.2. The van der Waals surface area contributed by atoms with E-state index >= 15 is 0 Å². The molecule has 0 bridgehead atoms. The average Bonchev–Trinajstić information content (AvgIpc) is 2.57. The van der Waals surface area contributed by atoms with Crippen LogP contribution in [0, 0.1) is 11.8 Å². The van der Waals surface area contributed by atoms with Gasteiger partial charge in [-0.25, -0.2) is 0 Å². The minimum absolute atomic E-state index is 0.205. The number of hydrogen-bond donors (Lipinski definition) is 1. The number of amides is 1. The first-order chi connectivity index (χ1) is 9.16. The highest BCUT2D eigenvalue weighted by molar-refractivity contribution is 6.00. The van der Waals surface area contributed by atoms with Crippen molar-refractivity contribution in [2.24, 2.45) is 11.8 Å². The topological polar surface area (TPSA) is 32.3 Å². The number of nitrogens with zero attached hydrogens (tertiary/aromatic N) is 1. The van der Waals surface area contributed by atoms with E-state index in [2.05, 4.69) is 24.1 Å². The molecule has 3 heteroatoms. The minimum atomic E-state index is 0.205. The molecular weight excluding hydrogens is 236 g/mol. The molecule has 1 aromatic carbocycles. The van der Waals surface area contributed by atoms with Crippen molar-refractivity contribution < 1.29 is 4.79 Å². The third-order valence-electron chi connectivity index (χ3n) is 4.63. The van der Waals surface area contributed by atoms with Crippen LogP contribution in [0.2, 0.25) is 0 Å². The van der Waals surface area contributed by atoms with Gasteiger partial charge in [-0.1, -0.05) is 26.0 Å². The zero-order valence-electron chi connectivity index (χ0n) is 11.7. The van der Waals surface area contributed by atoms with Crippen LogP contribution in [-0.2, 0) is 0 Å². The molecule has 2 atom stereocenters. The second kappa shape index (κ2) is 4.87. The molecule has 0 aliphatic carbocycles. The Balaban J connectivity index is 1.90. The maximum absolute atomic E-state index is 12.7. The fraction of sp³-hybridized carbons (Fsp3) is 0.562. The van der Waals surface area contributed by atoms with E-state index in [0.717, 1.165) is 30.8 Å². The third-order valence-corrected chi connectivity index (χ3v) is 4.63. The van der Waals surface area contributed by atoms with Crippen molar-refractivity contribution >= 4 is 11.6 Å². The smallest absolute Gasteiger partial charge is 0.256 e. The predicted molar refractivity (Wildman–Crippen MR) is 77.3 cm³/mol. The SMILES string of the molecule is CC(C)C1CC[C@H]2CNc3ccccc3C(=O)N2C1. The molecule has 1 fully saturated rings. The zero-order chi connectivity index (χ0) is 13.4. The average molecular weight is 258 g/mol. The lowest BCUT2D eigenvalue weighted by atomic mass is 9.85. The van der Waals surface area contributed by atoms with E-state index in [1.54, 1.807) is 0 Å². The van der Waals surface area contributed by atoms with Gasteiger partial charge in [-0.15, -0.1) is 0 Å². The summed E-state index contributed by atoms with van der Waals surface area (Å²) in [5.41, 5.74) is 1.82. The molecule has 102 valence electrons. The molecule has 19 heavy (non-hydrogen) atoms. The summed E-state index contributed by atoms with van der Waals surface area (Å²) in [6.45, 7) is 6.32. The standard InChI is InChI=1S/C16H22N2O/c1-11(2)12-7-8-13-9-17-15-6-4-3-5-14(15)16(19)18(13)10-12/h3-6,11-13,17H,7-10H2,1-2H3/t12?,13-/m0/s1. The molecule has 1 amide bonds. The summed E-state index contributed by atoms with van der Waals surface area (Å²) in [6, 6.07) is 8.23. The lowest BCUT2D eigenvalue weighted by molar-refractivity contribution is 0.0515. The van der Waals surface area contributed by atoms with Gasteiger partial charge in [-0.3, -0.25) is 4.79 Å². The van der Waals surface area contributed by atoms with Crippen LogP contribution in [0.4, 0.5) is 5.69 Å². The number of carbonyl (C=O) groups is 1. The van der Waals surface area contributed by atoms with E-state index in [1.807, 2.05) is 24.3 Å². The largest absolute Gasteiger partial charge is 0.382 e. The molecule has 0 radical (unpaired) electrons. The number of hydrogen-bond acceptors (Lipinski definition) is 2. The molecule has 1 unspecified atom stereocenters. The molecule has 2 aliphatic rings. The van der Waals surface area contributed by atoms with Crippen LogP contribution in [0.5, 0.6) is 0 Å². The molecule has 1 aromatic rings. The minimum Gasteiger partial charge on any atom is -0.382 e. The van der Waals surface area contributed by atoms with E-state index < -0.39 is 0 Å². The highest BCUT2D eigenvalue weighted by Gasteiger charge is 2.35. The number of benzene rings is 1. The fourth-order valence-electron chi connectivity index (χ4n) is 3.27. The Hall–Kier alpha value is -1.51. The van der Waals surface area contributed by atoms with Crippen LogP contribution in [0.1, 0.15) is 37.0 Å². The molecule has 3 nitrogen and oxygen atoms in total. The van der Waals surface area contributed by atoms with Crippen molar-refractivity contribution in [3.05, 3.63) is 29.8 Å². The first-order valence-corrected chi connectivity index (χ1v) is 7.30. The molecule has 3 rings (SSSR count). The summed E-state index contributed by atoms with van der Waals surface area (Å²) >= 11 is 0. The van der Waals surface area contributed by atoms with Gasteiger partial charge in [0, 0.05) is 24.8 Å². The molecule has 0 spiro atoms. The van der Waals surface area contributed by atoms with Crippen molar-refractivity contribution in [3.8, 4) is 0 Å². The lowest BCUT2D eigenvalue weighted by Crippen LogP contribution is -2.49. The van der Waals surface area contributed by atoms with Crippen molar-refractivity contribution in [2.75, 3.05) is 18.4 Å². The van der Waals surface area contributed by atoms with Gasteiger partial charge in [-0.2, -0.15) is 0 Å². The summed E-state index contributed by atoms with van der Waals surface area (Å²) in [4.78, 5) is 14.8. The normalized spacial score (nSPS) is 26.5. The van der Waals surface area contributed by atoms with E-state index in [9.17, 15) is 4.79 Å². The first kappa shape index (κ1) is 12.5. The Morgan fingerprint density at radius 2 is 2.05 bits per heavy atom. The van der Waals surface area contributed by atoms with Crippen LogP contribution in [0.25, 0.3) is 0 Å². The van der Waals surface area contributed by atoms with Gasteiger partial charge in [-0.05, 0) is 36.8 Å². The van der Waals surface area contributed by atoms with E-state index in [0.29, 0.717) is 17.9 Å². The Labute approximate surface area is 115 Å². The van der Waals surface area contributed by atoms with E-state index in [1.165, 1.54) is 6.42 Å². The summed E-state index contributed by atoms with van der Waals surface area (Å²) in [5.74, 6) is 1.50. The number of piperidine rings is 1. The van der Waals surface area contributed by atoms with Crippen molar-refractivity contribution in [3.63, 3.8) is 0 Å². The van der Waals surface area contributed by atoms with Crippen LogP contribution in [-0.4, -0.2) is 29.9 Å². The molecule has 2 heterocycles. The number of para-hydroxylation sites is 1. The lowest BCUT2D eigenvalue weighted by Gasteiger charge is -2.40. The number of nitrogens with one attached hydrogen (secondary N) is 1. The van der Waals surface area contributed by atoms with Gasteiger partial charge in [0.2, 0.25) is 0 Å². The summed E-state index contributed by atoms with van der Waals surface area (Å²) < 4.78 is 0. The quantitative estimate of drug-likeness (QED) is 0.840. The van der Waals surface area contributed by atoms with Gasteiger partial charge in [0.25, 0.3) is 5.91 Å². The molecule has 0 saturated carbocycles. The Morgan fingerprint density at radius 1 is 1.26 bits per heavy atom. The molecule has 2 aliphatic heterocycles. The highest BCUT2D eigenvalue weighted by Crippen LogP contribution is 2.32. The molecule has 1 saturated heterocycles. The van der Waals surface area contributed by atoms with Crippen LogP contribution < -0.4 is 5.32 Å². The maximum Gasteiger partial charge on any atom is 0.256 e. The molecule has 1 N–H and O–H groups in total. The van der Waals surface area contributed by atoms with Crippen LogP contribution >= 0.6 is 0 Å². The second-order valence-electron chi connectivity index (χ2n) is 6.12. The summed E-state index contributed by atoms with van der Waals surface area (Å²) in [7, 11) is 0. The van der Waals surface area contributed by atoms with Crippen molar-refractivity contribution in [1.82, 2.24) is 4.90 Å². The zero-order valence-corrected chi connectivity index (χ0v) is 11.7. The van der Waals surface area contributed by atoms with Gasteiger partial charge in [0.1, 0.15) is 0 Å². The van der Waals surface area contributed by atoms with Crippen LogP contribution in [0.3, 0.4) is 0 Å². The fourth-order valence-corrected chi connectivity index (χ4v) is 3.27.